The molecule has 0 bridgehead atoms. The van der Waals surface area contributed by atoms with Gasteiger partial charge in [-0.15, -0.1) is 0 Å². The van der Waals surface area contributed by atoms with E-state index in [9.17, 15) is 8.42 Å². The summed E-state index contributed by atoms with van der Waals surface area (Å²) in [6.07, 6.45) is 0.741. The summed E-state index contributed by atoms with van der Waals surface area (Å²) in [4.78, 5) is 0. The first-order valence-electron chi connectivity index (χ1n) is 3.38. The Labute approximate surface area is 74.9 Å². The zero-order valence-electron chi connectivity index (χ0n) is 6.59. The van der Waals surface area contributed by atoms with Crippen molar-refractivity contribution in [2.24, 2.45) is 5.92 Å². The molecule has 0 aliphatic rings. The Morgan fingerprint density at radius 2 is 1.80 bits per heavy atom. The summed E-state index contributed by atoms with van der Waals surface area (Å²) >= 11 is 0.649. The molecule has 0 aromatic heterocycles. The predicted octanol–water partition coefficient (Wildman–Crippen LogP) is 0.919. The molecule has 1 unspecified atom stereocenters. The van der Waals surface area contributed by atoms with Crippen molar-refractivity contribution < 1.29 is 8.42 Å². The third-order valence-corrected chi connectivity index (χ3v) is 5.81. The molecule has 0 fully saturated rings. The van der Waals surface area contributed by atoms with Gasteiger partial charge in [0.1, 0.15) is 0 Å². The van der Waals surface area contributed by atoms with Gasteiger partial charge in [0, 0.05) is 0 Å². The maximum atomic E-state index is 11.0. The summed E-state index contributed by atoms with van der Waals surface area (Å²) in [6.45, 7) is 5.83. The third-order valence-electron chi connectivity index (χ3n) is 1.54. The average molecular weight is 268 g/mol. The fourth-order valence-corrected chi connectivity index (χ4v) is 5.96. The van der Waals surface area contributed by atoms with Crippen LogP contribution in [0.5, 0.6) is 0 Å². The summed E-state index contributed by atoms with van der Waals surface area (Å²) in [5.74, 6) is 0.259. The van der Waals surface area contributed by atoms with Crippen LogP contribution in [0.2, 0.25) is 0 Å². The van der Waals surface area contributed by atoms with Crippen molar-refractivity contribution in [2.75, 3.05) is 0 Å². The van der Waals surface area contributed by atoms with E-state index in [0.717, 1.165) is 6.42 Å². The van der Waals surface area contributed by atoms with Crippen LogP contribution in [0.4, 0.5) is 0 Å². The van der Waals surface area contributed by atoms with Gasteiger partial charge in [-0.05, 0) is 0 Å². The molecule has 0 N–H and O–H groups in total. The molecular formula is C6H13O2SSn. The second kappa shape index (κ2) is 3.95. The van der Waals surface area contributed by atoms with E-state index < -0.39 is 7.02 Å². The van der Waals surface area contributed by atoms with Crippen LogP contribution in [0.3, 0.4) is 0 Å². The molecular weight excluding hydrogens is 255 g/mol. The zero-order chi connectivity index (χ0) is 8.36. The van der Waals surface area contributed by atoms with Crippen molar-refractivity contribution in [2.45, 2.75) is 32.4 Å². The molecule has 3 radical (unpaired) electrons. The Kier molecular flexibility index (Phi) is 4.24. The van der Waals surface area contributed by atoms with Crippen LogP contribution >= 0.6 is 0 Å². The van der Waals surface area contributed by atoms with Crippen molar-refractivity contribution in [3.8, 4) is 0 Å². The van der Waals surface area contributed by atoms with Gasteiger partial charge in [0.25, 0.3) is 0 Å². The molecule has 0 aliphatic carbocycles. The van der Waals surface area contributed by atoms with E-state index in [0.29, 0.717) is 21.1 Å². The van der Waals surface area contributed by atoms with Crippen molar-refractivity contribution in [1.29, 1.82) is 0 Å². The van der Waals surface area contributed by atoms with Gasteiger partial charge in [-0.3, -0.25) is 0 Å². The van der Waals surface area contributed by atoms with Gasteiger partial charge in [0.2, 0.25) is 0 Å². The predicted molar refractivity (Wildman–Crippen MR) is 43.6 cm³/mol. The molecule has 10 heavy (non-hydrogen) atoms. The van der Waals surface area contributed by atoms with E-state index >= 15 is 0 Å². The summed E-state index contributed by atoms with van der Waals surface area (Å²) in [5, 5.41) is -0.120. The topological polar surface area (TPSA) is 34.1 Å². The molecule has 0 saturated carbocycles. The van der Waals surface area contributed by atoms with Gasteiger partial charge >= 0.3 is 74.9 Å². The molecule has 0 aliphatic heterocycles. The van der Waals surface area contributed by atoms with E-state index in [1.807, 2.05) is 20.8 Å². The monoisotopic (exact) mass is 269 g/mol. The van der Waals surface area contributed by atoms with Gasteiger partial charge in [0.15, 0.2) is 0 Å². The normalized spacial score (nSPS) is 15.7. The van der Waals surface area contributed by atoms with Gasteiger partial charge in [-0.2, -0.15) is 0 Å². The summed E-state index contributed by atoms with van der Waals surface area (Å²) in [5.41, 5.74) is 0. The standard InChI is InChI=1S/C6H13O2S.Sn/c1-4-6(5(2)3)9(7)8;/h5-6H,4H2,1-3H3;. The summed E-state index contributed by atoms with van der Waals surface area (Å²) < 4.78 is 22.1. The van der Waals surface area contributed by atoms with E-state index in [1.165, 1.54) is 0 Å². The van der Waals surface area contributed by atoms with Gasteiger partial charge in [-0.25, -0.2) is 0 Å². The molecule has 0 aromatic carbocycles. The van der Waals surface area contributed by atoms with Crippen LogP contribution < -0.4 is 0 Å². The second-order valence-electron chi connectivity index (χ2n) is 2.74. The number of hydrogen-bond donors (Lipinski definition) is 0. The molecule has 0 amide bonds. The van der Waals surface area contributed by atoms with Crippen molar-refractivity contribution in [3.63, 3.8) is 0 Å². The van der Waals surface area contributed by atoms with Crippen molar-refractivity contribution in [1.82, 2.24) is 0 Å². The van der Waals surface area contributed by atoms with Crippen LogP contribution in [0.15, 0.2) is 0 Å². The first kappa shape index (κ1) is 10.7. The second-order valence-corrected chi connectivity index (χ2v) is 9.30. The third kappa shape index (κ3) is 3.23. The molecule has 0 aromatic rings. The van der Waals surface area contributed by atoms with Crippen LogP contribution in [0, 0.1) is 5.92 Å². The van der Waals surface area contributed by atoms with E-state index in [-0.39, 0.29) is 11.2 Å². The zero-order valence-corrected chi connectivity index (χ0v) is 10.3. The Morgan fingerprint density at radius 3 is 1.80 bits per heavy atom. The van der Waals surface area contributed by atoms with Gasteiger partial charge in [-0.1, -0.05) is 0 Å². The van der Waals surface area contributed by atoms with Gasteiger partial charge in [0.05, 0.1) is 0 Å². The number of rotatable bonds is 3. The van der Waals surface area contributed by atoms with Crippen molar-refractivity contribution >= 4 is 28.2 Å². The molecule has 0 rings (SSSR count). The summed E-state index contributed by atoms with van der Waals surface area (Å²) in [7, 11) is -2.72. The Morgan fingerprint density at radius 1 is 1.40 bits per heavy atom. The SMILES string of the molecule is CCC(C(C)C)[S](=O)(=O)[Sn]. The van der Waals surface area contributed by atoms with E-state index in [1.54, 1.807) is 0 Å². The van der Waals surface area contributed by atoms with Crippen LogP contribution in [-0.4, -0.2) is 34.8 Å². The van der Waals surface area contributed by atoms with Crippen molar-refractivity contribution in [3.05, 3.63) is 0 Å². The summed E-state index contributed by atoms with van der Waals surface area (Å²) in [6, 6.07) is 0. The van der Waals surface area contributed by atoms with Crippen LogP contribution in [-0.2, 0) is 7.02 Å². The van der Waals surface area contributed by atoms with Crippen LogP contribution in [0.1, 0.15) is 27.2 Å². The van der Waals surface area contributed by atoms with Gasteiger partial charge < -0.3 is 0 Å². The first-order chi connectivity index (χ1) is 4.39. The van der Waals surface area contributed by atoms with Crippen LogP contribution in [0.25, 0.3) is 0 Å². The first-order valence-corrected chi connectivity index (χ1v) is 8.42. The number of hydrogen-bond acceptors (Lipinski definition) is 2. The Bertz CT molecular complexity index is 184. The molecule has 1 atom stereocenters. The molecule has 0 spiro atoms. The Balaban J connectivity index is 4.38. The fourth-order valence-electron chi connectivity index (χ4n) is 1.05. The van der Waals surface area contributed by atoms with E-state index in [4.69, 9.17) is 0 Å². The average Bonchev–Trinajstić information content (AvgIpc) is 1.60. The Hall–Kier alpha value is 0.749. The van der Waals surface area contributed by atoms with E-state index in [2.05, 4.69) is 0 Å². The molecule has 0 heterocycles. The minimum absolute atomic E-state index is 0.120. The molecule has 59 valence electrons. The molecule has 4 heteroatoms. The quantitative estimate of drug-likeness (QED) is 0.713. The minimum atomic E-state index is -2.72. The fraction of sp³-hybridized carbons (Fsp3) is 1.00. The molecule has 2 nitrogen and oxygen atoms in total. The maximum absolute atomic E-state index is 11.0. The molecule has 0 saturated heterocycles.